The normalized spacial score (nSPS) is 11.3. The molecule has 0 bridgehead atoms. The molecule has 4 rings (SSSR count). The number of hydrogen-bond acceptors (Lipinski definition) is 19. The summed E-state index contributed by atoms with van der Waals surface area (Å²) < 4.78 is 102. The summed E-state index contributed by atoms with van der Waals surface area (Å²) >= 11 is 0.352. The first-order chi connectivity index (χ1) is 21.2. The van der Waals surface area contributed by atoms with Crippen LogP contribution in [-0.2, 0) is 29.6 Å². The van der Waals surface area contributed by atoms with Crippen LogP contribution in [0.2, 0.25) is 0 Å². The molecule has 0 fully saturated rings. The number of halogens is 2. The van der Waals surface area contributed by atoms with Crippen LogP contribution in [0.3, 0.4) is 0 Å². The number of aromatic nitrogens is 2. The van der Waals surface area contributed by atoms with E-state index in [0.717, 1.165) is 18.2 Å². The fraction of sp³-hybridized carbons (Fsp3) is 0.0435. The zero-order chi connectivity index (χ0) is 32.9. The van der Waals surface area contributed by atoms with E-state index in [9.17, 15) is 40.0 Å². The van der Waals surface area contributed by atoms with E-state index in [1.807, 2.05) is 0 Å². The second kappa shape index (κ2) is 20.3. The van der Waals surface area contributed by atoms with Gasteiger partial charge in [-0.2, -0.15) is 23.1 Å². The van der Waals surface area contributed by atoms with E-state index >= 15 is 0 Å². The minimum absolute atomic E-state index is 0. The number of nitrogens with two attached hydrogens (primary N) is 2. The first-order valence-electron chi connectivity index (χ1n) is 11.5. The zero-order valence-corrected chi connectivity index (χ0v) is 33.1. The summed E-state index contributed by atoms with van der Waals surface area (Å²) in [6.45, 7) is 0. The van der Waals surface area contributed by atoms with E-state index in [4.69, 9.17) is 11.5 Å². The number of nitrogens with zero attached hydrogens (tertiary/aromatic N) is 6. The van der Waals surface area contributed by atoms with Gasteiger partial charge in [0, 0.05) is 11.8 Å². The number of nitrogen functional groups attached to an aromatic ring is 2. The fourth-order valence-electron chi connectivity index (χ4n) is 3.42. The maximum absolute atomic E-state index is 13.5. The molecule has 0 saturated heterocycles. The second-order valence-electron chi connectivity index (χ2n) is 8.22. The predicted molar refractivity (Wildman–Crippen MR) is 152 cm³/mol. The Hall–Kier alpha value is -1.75. The standard InChI is InChI=1S/C22H17F2N9O9S3.CH4.3Na/c23-17-9-18(29-22(24)28-17)27-10-5-6-14(43-42-41-34)12(7-10)31-33-21-19(25)13(8-16(20(21)26)45(38,39)40)32-30-11-3-1-2-4-15(11)44(35,36)37;;;;/h1-9,34H,25-26H2,(H,27,28,29)(H,35,36,37)(H,38,39,40);1H4;;;/q;;3*+1/p-3. The van der Waals surface area contributed by atoms with Crippen molar-refractivity contribution >= 4 is 77.9 Å². The van der Waals surface area contributed by atoms with Gasteiger partial charge < -0.3 is 31.1 Å². The third-order valence-electron chi connectivity index (χ3n) is 5.30. The van der Waals surface area contributed by atoms with Gasteiger partial charge in [-0.25, -0.2) is 16.8 Å². The molecule has 4 aromatic rings. The first kappa shape index (κ1) is 47.2. The maximum Gasteiger partial charge on any atom is 1.00 e. The van der Waals surface area contributed by atoms with Crippen molar-refractivity contribution in [3.8, 4) is 0 Å². The molecule has 0 aliphatic carbocycles. The molecule has 0 aliphatic heterocycles. The molecule has 244 valence electrons. The molecule has 49 heavy (non-hydrogen) atoms. The van der Waals surface area contributed by atoms with Gasteiger partial charge in [-0.05, 0) is 36.4 Å². The zero-order valence-electron chi connectivity index (χ0n) is 24.7. The number of anilines is 4. The summed E-state index contributed by atoms with van der Waals surface area (Å²) in [7, 11) is -10.3. The Kier molecular flexibility index (Phi) is 19.6. The minimum atomic E-state index is -5.30. The molecular formula is C23H18F2N9Na3O9S3. The predicted octanol–water partition coefficient (Wildman–Crippen LogP) is -4.82. The number of nitrogens with one attached hydrogen (secondary N) is 1. The monoisotopic (exact) mass is 767 g/mol. The van der Waals surface area contributed by atoms with Crippen LogP contribution in [0.5, 0.6) is 0 Å². The first-order valence-corrected chi connectivity index (χ1v) is 15.0. The van der Waals surface area contributed by atoms with Crippen molar-refractivity contribution in [3.63, 3.8) is 0 Å². The van der Waals surface area contributed by atoms with Gasteiger partial charge in [0.1, 0.15) is 48.8 Å². The molecule has 1 aromatic heterocycles. The Morgan fingerprint density at radius 3 is 2.00 bits per heavy atom. The third kappa shape index (κ3) is 12.8. The quantitative estimate of drug-likeness (QED) is 0.0148. The van der Waals surface area contributed by atoms with Crippen molar-refractivity contribution in [1.29, 1.82) is 0 Å². The van der Waals surface area contributed by atoms with Crippen LogP contribution >= 0.6 is 12.0 Å². The maximum atomic E-state index is 13.5. The van der Waals surface area contributed by atoms with Gasteiger partial charge in [0.2, 0.25) is 5.95 Å². The fourth-order valence-corrected chi connectivity index (χ4v) is 5.06. The minimum Gasteiger partial charge on any atom is -0.744 e. The van der Waals surface area contributed by atoms with Crippen LogP contribution in [0.15, 0.2) is 89.7 Å². The molecule has 3 aromatic carbocycles. The molecule has 18 nitrogen and oxygen atoms in total. The number of rotatable bonds is 11. The molecule has 0 atom stereocenters. The van der Waals surface area contributed by atoms with Crippen molar-refractivity contribution in [2.75, 3.05) is 16.8 Å². The van der Waals surface area contributed by atoms with Gasteiger partial charge in [-0.1, -0.05) is 19.6 Å². The molecule has 0 radical (unpaired) electrons. The Balaban J connectivity index is 0.00000576. The average Bonchev–Trinajstić information content (AvgIpc) is 2.94. The van der Waals surface area contributed by atoms with Crippen LogP contribution in [0.1, 0.15) is 7.43 Å². The Labute approximate surface area is 348 Å². The SMILES string of the molecule is C.Nc1c(N=Nc2ccccc2S(=O)(=O)[O-])cc(S(=O)(=O)[O-])c(N)c1N=Nc1cc(Nc2cc(F)nc(F)n2)ccc1SOO[O-].[Na+].[Na+].[Na+]. The number of azo groups is 2. The van der Waals surface area contributed by atoms with Crippen LogP contribution in [0.25, 0.3) is 0 Å². The van der Waals surface area contributed by atoms with Gasteiger partial charge in [-0.3, -0.25) is 5.04 Å². The van der Waals surface area contributed by atoms with Crippen LogP contribution in [0.4, 0.5) is 54.4 Å². The van der Waals surface area contributed by atoms with Gasteiger partial charge in [0.15, 0.2) is 0 Å². The van der Waals surface area contributed by atoms with Crippen molar-refractivity contribution in [2.24, 2.45) is 20.5 Å². The topological polar surface area (TPSA) is 295 Å². The van der Waals surface area contributed by atoms with E-state index in [0.29, 0.717) is 18.1 Å². The van der Waals surface area contributed by atoms with Crippen molar-refractivity contribution < 1.29 is 138 Å². The van der Waals surface area contributed by atoms with Crippen molar-refractivity contribution in [1.82, 2.24) is 9.97 Å². The smallest absolute Gasteiger partial charge is 0.744 e. The van der Waals surface area contributed by atoms with Crippen LogP contribution < -0.4 is 111 Å². The number of benzene rings is 3. The molecule has 5 N–H and O–H groups in total. The summed E-state index contributed by atoms with van der Waals surface area (Å²) in [6, 6.07) is 9.92. The van der Waals surface area contributed by atoms with Gasteiger partial charge >= 0.3 is 94.8 Å². The largest absolute Gasteiger partial charge is 1.00 e. The molecule has 0 spiro atoms. The molecule has 0 amide bonds. The van der Waals surface area contributed by atoms with Crippen LogP contribution in [-0.4, -0.2) is 35.9 Å². The molecule has 0 aliphatic rings. The van der Waals surface area contributed by atoms with E-state index in [2.05, 4.69) is 45.1 Å². The Bertz CT molecular complexity index is 2050. The van der Waals surface area contributed by atoms with E-state index < -0.39 is 70.5 Å². The average molecular weight is 768 g/mol. The second-order valence-corrected chi connectivity index (χ2v) is 11.7. The summed E-state index contributed by atoms with van der Waals surface area (Å²) in [5.41, 5.74) is 9.05. The summed E-state index contributed by atoms with van der Waals surface area (Å²) in [5, 5.41) is 31.4. The van der Waals surface area contributed by atoms with Gasteiger partial charge in [0.05, 0.1) is 38.1 Å². The number of hydrogen-bond donors (Lipinski definition) is 3. The van der Waals surface area contributed by atoms with Crippen LogP contribution in [0, 0.1) is 12.0 Å². The van der Waals surface area contributed by atoms with Crippen molar-refractivity contribution in [3.05, 3.63) is 66.6 Å². The molecule has 0 saturated carbocycles. The Morgan fingerprint density at radius 2 is 1.39 bits per heavy atom. The summed E-state index contributed by atoms with van der Waals surface area (Å²) in [6.07, 6.45) is -1.36. The summed E-state index contributed by atoms with van der Waals surface area (Å²) in [5.74, 6) is -1.48. The van der Waals surface area contributed by atoms with Gasteiger partial charge in [-0.15, -0.1) is 20.5 Å². The summed E-state index contributed by atoms with van der Waals surface area (Å²) in [4.78, 5) is 4.49. The van der Waals surface area contributed by atoms with E-state index in [1.54, 1.807) is 0 Å². The molecular weight excluding hydrogens is 749 g/mol. The van der Waals surface area contributed by atoms with E-state index in [1.165, 1.54) is 30.3 Å². The van der Waals surface area contributed by atoms with Crippen molar-refractivity contribution in [2.45, 2.75) is 22.1 Å². The Morgan fingerprint density at radius 1 is 0.776 bits per heavy atom. The van der Waals surface area contributed by atoms with Gasteiger partial charge in [0.25, 0.3) is 0 Å². The molecule has 1 heterocycles. The van der Waals surface area contributed by atoms with E-state index in [-0.39, 0.29) is 118 Å². The molecule has 26 heteroatoms. The molecule has 0 unspecified atom stereocenters. The third-order valence-corrected chi connectivity index (χ3v) is 7.71.